The topological polar surface area (TPSA) is 172 Å². The third kappa shape index (κ3) is 5.37. The zero-order valence-electron chi connectivity index (χ0n) is 12.8. The third-order valence-electron chi connectivity index (χ3n) is 3.44. The lowest BCUT2D eigenvalue weighted by Gasteiger charge is -2.39. The molecule has 1 fully saturated rings. The van der Waals surface area contributed by atoms with E-state index in [-0.39, 0.29) is 18.7 Å². The van der Waals surface area contributed by atoms with E-state index in [1.807, 2.05) is 0 Å². The van der Waals surface area contributed by atoms with E-state index < -0.39 is 49.3 Å². The van der Waals surface area contributed by atoms with Crippen molar-refractivity contribution in [2.75, 3.05) is 13.2 Å². The fraction of sp³-hybridized carbons (Fsp3) is 0.846. The molecule has 0 saturated carbocycles. The first-order valence-electron chi connectivity index (χ1n) is 7.35. The van der Waals surface area contributed by atoms with Gasteiger partial charge in [-0.1, -0.05) is 0 Å². The molecule has 10 nitrogen and oxygen atoms in total. The van der Waals surface area contributed by atoms with Crippen molar-refractivity contribution in [1.82, 2.24) is 5.32 Å². The summed E-state index contributed by atoms with van der Waals surface area (Å²) in [5.74, 6) is -1.19. The van der Waals surface area contributed by atoms with Crippen LogP contribution in [-0.4, -0.2) is 82.2 Å². The van der Waals surface area contributed by atoms with E-state index in [0.29, 0.717) is 6.54 Å². The summed E-state index contributed by atoms with van der Waals surface area (Å²) in [4.78, 5) is 23.1. The van der Waals surface area contributed by atoms with Crippen molar-refractivity contribution in [3.63, 3.8) is 0 Å². The highest BCUT2D eigenvalue weighted by Gasteiger charge is 2.45. The average Bonchev–Trinajstić information content (AvgIpc) is 2.53. The smallest absolute Gasteiger partial charge is 0.325 e. The van der Waals surface area contributed by atoms with E-state index >= 15 is 0 Å². The van der Waals surface area contributed by atoms with Crippen molar-refractivity contribution >= 4 is 11.9 Å². The second kappa shape index (κ2) is 9.11. The van der Waals surface area contributed by atoms with E-state index in [2.05, 4.69) is 5.32 Å². The molecule has 6 unspecified atom stereocenters. The zero-order valence-corrected chi connectivity index (χ0v) is 12.8. The number of carbonyl (C=O) groups is 2. The third-order valence-corrected chi connectivity index (χ3v) is 3.44. The van der Waals surface area contributed by atoms with Crippen LogP contribution in [0, 0.1) is 0 Å². The molecule has 1 saturated heterocycles. The lowest BCUT2D eigenvalue weighted by atomic mass is 9.99. The number of nitrogens with one attached hydrogen (secondary N) is 1. The first kappa shape index (κ1) is 19.7. The molecule has 1 heterocycles. The van der Waals surface area contributed by atoms with Crippen LogP contribution in [-0.2, 0) is 19.1 Å². The molecular weight excluding hydrogens is 312 g/mol. The molecule has 0 aromatic heterocycles. The summed E-state index contributed by atoms with van der Waals surface area (Å²) in [7, 11) is 0. The molecule has 10 heteroatoms. The van der Waals surface area contributed by atoms with Crippen LogP contribution in [0.25, 0.3) is 0 Å². The number of ether oxygens (including phenoxy) is 2. The van der Waals surface area contributed by atoms with Crippen molar-refractivity contribution in [2.45, 2.75) is 56.5 Å². The fourth-order valence-electron chi connectivity index (χ4n) is 2.06. The second-order valence-electron chi connectivity index (χ2n) is 5.23. The highest BCUT2D eigenvalue weighted by Crippen LogP contribution is 2.22. The predicted octanol–water partition coefficient (Wildman–Crippen LogP) is -3.43. The Balaban J connectivity index is 2.53. The number of amides is 1. The van der Waals surface area contributed by atoms with Gasteiger partial charge in [-0.25, -0.2) is 0 Å². The van der Waals surface area contributed by atoms with Gasteiger partial charge >= 0.3 is 5.97 Å². The number of carbonyl (C=O) groups excluding carboxylic acids is 2. The van der Waals surface area contributed by atoms with Gasteiger partial charge in [0.05, 0.1) is 6.61 Å². The molecule has 1 aliphatic heterocycles. The lowest BCUT2D eigenvalue weighted by molar-refractivity contribution is -0.293. The summed E-state index contributed by atoms with van der Waals surface area (Å²) in [5.41, 5.74) is 5.60. The SMILES string of the molecule is CCNC(=O)CCC(N)C(=O)OC1OC(CO)C(O)C(O)C1O. The molecule has 1 rings (SSSR count). The lowest BCUT2D eigenvalue weighted by Crippen LogP contribution is -2.60. The maximum Gasteiger partial charge on any atom is 0.325 e. The summed E-state index contributed by atoms with van der Waals surface area (Å²) in [5, 5.41) is 40.5. The number of aliphatic hydroxyl groups excluding tert-OH is 4. The monoisotopic (exact) mass is 336 g/mol. The van der Waals surface area contributed by atoms with Crippen LogP contribution in [0.1, 0.15) is 19.8 Å². The molecular formula is C13H24N2O8. The first-order valence-corrected chi connectivity index (χ1v) is 7.35. The summed E-state index contributed by atoms with van der Waals surface area (Å²) in [6, 6.07) is -1.12. The largest absolute Gasteiger partial charge is 0.432 e. The Labute approximate surface area is 133 Å². The first-order chi connectivity index (χ1) is 10.8. The predicted molar refractivity (Wildman–Crippen MR) is 75.8 cm³/mol. The minimum atomic E-state index is -1.69. The maximum atomic E-state index is 11.8. The Morgan fingerprint density at radius 3 is 2.48 bits per heavy atom. The molecule has 23 heavy (non-hydrogen) atoms. The number of aliphatic hydroxyl groups is 4. The maximum absolute atomic E-state index is 11.8. The molecule has 0 aliphatic carbocycles. The molecule has 0 aromatic rings. The van der Waals surface area contributed by atoms with Crippen LogP contribution in [0.5, 0.6) is 0 Å². The average molecular weight is 336 g/mol. The molecule has 0 aromatic carbocycles. The summed E-state index contributed by atoms with van der Waals surface area (Å²) < 4.78 is 9.89. The summed E-state index contributed by atoms with van der Waals surface area (Å²) in [6.45, 7) is 1.58. The van der Waals surface area contributed by atoms with E-state index in [4.69, 9.17) is 20.3 Å². The Hall–Kier alpha value is -1.30. The molecule has 1 aliphatic rings. The van der Waals surface area contributed by atoms with E-state index in [0.717, 1.165) is 0 Å². The summed E-state index contributed by atoms with van der Waals surface area (Å²) in [6.07, 6.45) is -7.58. The van der Waals surface area contributed by atoms with Gasteiger partial charge in [-0.3, -0.25) is 9.59 Å². The van der Waals surface area contributed by atoms with Crippen molar-refractivity contribution in [3.05, 3.63) is 0 Å². The Kier molecular flexibility index (Phi) is 7.82. The van der Waals surface area contributed by atoms with Crippen LogP contribution in [0.3, 0.4) is 0 Å². The minimum Gasteiger partial charge on any atom is -0.432 e. The standard InChI is InChI=1S/C13H24N2O8/c1-2-15-8(17)4-3-6(14)12(21)23-13-11(20)10(19)9(18)7(5-16)22-13/h6-7,9-11,13,16,18-20H,2-5,14H2,1H3,(H,15,17). The highest BCUT2D eigenvalue weighted by atomic mass is 16.7. The fourth-order valence-corrected chi connectivity index (χ4v) is 2.06. The van der Waals surface area contributed by atoms with Crippen molar-refractivity contribution in [1.29, 1.82) is 0 Å². The van der Waals surface area contributed by atoms with Crippen molar-refractivity contribution in [2.24, 2.45) is 5.73 Å². The molecule has 134 valence electrons. The minimum absolute atomic E-state index is 0.0266. The van der Waals surface area contributed by atoms with Crippen molar-refractivity contribution in [3.8, 4) is 0 Å². The number of rotatable bonds is 7. The zero-order chi connectivity index (χ0) is 17.6. The van der Waals surface area contributed by atoms with Gasteiger partial charge in [-0.15, -0.1) is 0 Å². The van der Waals surface area contributed by atoms with Gasteiger partial charge < -0.3 is 41.0 Å². The van der Waals surface area contributed by atoms with Gasteiger partial charge in [0.15, 0.2) is 0 Å². The second-order valence-corrected chi connectivity index (χ2v) is 5.23. The summed E-state index contributed by atoms with van der Waals surface area (Å²) >= 11 is 0. The van der Waals surface area contributed by atoms with Crippen LogP contribution in [0.15, 0.2) is 0 Å². The molecule has 0 radical (unpaired) electrons. The quantitative estimate of drug-likeness (QED) is 0.259. The van der Waals surface area contributed by atoms with Crippen LogP contribution >= 0.6 is 0 Å². The van der Waals surface area contributed by atoms with E-state index in [1.165, 1.54) is 0 Å². The van der Waals surface area contributed by atoms with Gasteiger partial charge in [-0.05, 0) is 13.3 Å². The van der Waals surface area contributed by atoms with E-state index in [9.17, 15) is 24.9 Å². The molecule has 6 atom stereocenters. The van der Waals surface area contributed by atoms with Crippen molar-refractivity contribution < 1.29 is 39.5 Å². The van der Waals surface area contributed by atoms with Crippen LogP contribution < -0.4 is 11.1 Å². The number of hydrogen-bond acceptors (Lipinski definition) is 9. The molecule has 7 N–H and O–H groups in total. The molecule has 0 spiro atoms. The number of nitrogens with two attached hydrogens (primary N) is 1. The Bertz CT molecular complexity index is 405. The van der Waals surface area contributed by atoms with Crippen LogP contribution in [0.4, 0.5) is 0 Å². The van der Waals surface area contributed by atoms with Gasteiger partial charge in [0, 0.05) is 13.0 Å². The van der Waals surface area contributed by atoms with E-state index in [1.54, 1.807) is 6.92 Å². The van der Waals surface area contributed by atoms with Gasteiger partial charge in [0.25, 0.3) is 0 Å². The normalized spacial score (nSPS) is 32.2. The van der Waals surface area contributed by atoms with Gasteiger partial charge in [-0.2, -0.15) is 0 Å². The van der Waals surface area contributed by atoms with Gasteiger partial charge in [0.2, 0.25) is 12.2 Å². The highest BCUT2D eigenvalue weighted by molar-refractivity contribution is 5.79. The van der Waals surface area contributed by atoms with Gasteiger partial charge in [0.1, 0.15) is 30.5 Å². The molecule has 1 amide bonds. The molecule has 0 bridgehead atoms. The number of esters is 1. The van der Waals surface area contributed by atoms with Crippen LogP contribution in [0.2, 0.25) is 0 Å². The Morgan fingerprint density at radius 1 is 1.26 bits per heavy atom. The Morgan fingerprint density at radius 2 is 1.91 bits per heavy atom. The number of hydrogen-bond donors (Lipinski definition) is 6.